The summed E-state index contributed by atoms with van der Waals surface area (Å²) >= 11 is 3.44. The van der Waals surface area contributed by atoms with Gasteiger partial charge in [0.25, 0.3) is 0 Å². The SMILES string of the molecule is C[C@H]1C[C@H](CBr)N(C(=O)OC(C)(C)C)C1. The van der Waals surface area contributed by atoms with Crippen molar-refractivity contribution in [3.63, 3.8) is 0 Å². The van der Waals surface area contributed by atoms with Crippen LogP contribution < -0.4 is 0 Å². The summed E-state index contributed by atoms with van der Waals surface area (Å²) in [6.45, 7) is 8.67. The minimum absolute atomic E-state index is 0.184. The molecule has 1 aliphatic heterocycles. The van der Waals surface area contributed by atoms with Crippen LogP contribution in [0.5, 0.6) is 0 Å². The molecule has 0 radical (unpaired) electrons. The highest BCUT2D eigenvalue weighted by Crippen LogP contribution is 2.25. The number of hydrogen-bond acceptors (Lipinski definition) is 2. The molecule has 0 aromatic rings. The highest BCUT2D eigenvalue weighted by Gasteiger charge is 2.34. The topological polar surface area (TPSA) is 29.5 Å². The Labute approximate surface area is 100 Å². The molecular formula is C11H20BrNO2. The highest BCUT2D eigenvalue weighted by molar-refractivity contribution is 9.09. The number of likely N-dealkylation sites (tertiary alicyclic amines) is 1. The van der Waals surface area contributed by atoms with E-state index in [0.717, 1.165) is 18.3 Å². The molecule has 0 saturated carbocycles. The quantitative estimate of drug-likeness (QED) is 0.690. The summed E-state index contributed by atoms with van der Waals surface area (Å²) in [6, 6.07) is 0.287. The lowest BCUT2D eigenvalue weighted by Crippen LogP contribution is -2.40. The van der Waals surface area contributed by atoms with Gasteiger partial charge >= 0.3 is 6.09 Å². The third-order valence-corrected chi connectivity index (χ3v) is 3.18. The number of halogens is 1. The molecule has 1 fully saturated rings. The number of carbonyl (C=O) groups excluding carboxylic acids is 1. The Balaban J connectivity index is 2.59. The van der Waals surface area contributed by atoms with Crippen LogP contribution in [0.25, 0.3) is 0 Å². The van der Waals surface area contributed by atoms with Gasteiger partial charge in [0, 0.05) is 17.9 Å². The summed E-state index contributed by atoms with van der Waals surface area (Å²) in [5, 5.41) is 0.830. The first-order valence-electron chi connectivity index (χ1n) is 5.39. The molecule has 88 valence electrons. The number of ether oxygens (including phenoxy) is 1. The molecule has 1 amide bonds. The first-order valence-corrected chi connectivity index (χ1v) is 6.51. The van der Waals surface area contributed by atoms with Gasteiger partial charge in [-0.25, -0.2) is 4.79 Å². The van der Waals surface area contributed by atoms with Crippen LogP contribution in [-0.2, 0) is 4.74 Å². The Hall–Kier alpha value is -0.250. The second-order valence-corrected chi connectivity index (χ2v) is 5.93. The van der Waals surface area contributed by atoms with E-state index in [1.54, 1.807) is 0 Å². The molecule has 0 N–H and O–H groups in total. The van der Waals surface area contributed by atoms with Crippen molar-refractivity contribution in [2.45, 2.75) is 45.8 Å². The molecule has 0 aromatic carbocycles. The number of rotatable bonds is 1. The lowest BCUT2D eigenvalue weighted by Gasteiger charge is -2.27. The van der Waals surface area contributed by atoms with E-state index < -0.39 is 5.60 Å². The van der Waals surface area contributed by atoms with Crippen molar-refractivity contribution in [2.24, 2.45) is 5.92 Å². The van der Waals surface area contributed by atoms with Crippen molar-refractivity contribution in [3.8, 4) is 0 Å². The van der Waals surface area contributed by atoms with Gasteiger partial charge in [-0.3, -0.25) is 0 Å². The molecule has 2 atom stereocenters. The average molecular weight is 278 g/mol. The fourth-order valence-electron chi connectivity index (χ4n) is 1.84. The second-order valence-electron chi connectivity index (χ2n) is 5.28. The van der Waals surface area contributed by atoms with Gasteiger partial charge in [-0.05, 0) is 33.1 Å². The number of amides is 1. The van der Waals surface area contributed by atoms with E-state index in [2.05, 4.69) is 22.9 Å². The fraction of sp³-hybridized carbons (Fsp3) is 0.909. The maximum atomic E-state index is 11.9. The Morgan fingerprint density at radius 3 is 2.60 bits per heavy atom. The van der Waals surface area contributed by atoms with Gasteiger partial charge in [0.2, 0.25) is 0 Å². The average Bonchev–Trinajstić information content (AvgIpc) is 2.43. The van der Waals surface area contributed by atoms with Gasteiger partial charge in [0.15, 0.2) is 0 Å². The van der Waals surface area contributed by atoms with Crippen molar-refractivity contribution < 1.29 is 9.53 Å². The van der Waals surface area contributed by atoms with Crippen LogP contribution in [0.2, 0.25) is 0 Å². The summed E-state index contributed by atoms with van der Waals surface area (Å²) in [7, 11) is 0. The first-order chi connectivity index (χ1) is 6.83. The summed E-state index contributed by atoms with van der Waals surface area (Å²) in [6.07, 6.45) is 0.876. The monoisotopic (exact) mass is 277 g/mol. The van der Waals surface area contributed by atoms with Crippen molar-refractivity contribution in [1.29, 1.82) is 0 Å². The maximum absolute atomic E-state index is 11.9. The molecular weight excluding hydrogens is 258 g/mol. The lowest BCUT2D eigenvalue weighted by molar-refractivity contribution is 0.0238. The third-order valence-electron chi connectivity index (χ3n) is 2.43. The number of alkyl halides is 1. The van der Waals surface area contributed by atoms with Crippen LogP contribution in [0, 0.1) is 5.92 Å². The summed E-state index contributed by atoms with van der Waals surface area (Å²) < 4.78 is 5.37. The van der Waals surface area contributed by atoms with Gasteiger partial charge in [-0.1, -0.05) is 22.9 Å². The molecule has 1 heterocycles. The molecule has 1 aliphatic rings. The van der Waals surface area contributed by atoms with Gasteiger partial charge in [-0.2, -0.15) is 0 Å². The number of nitrogens with zero attached hydrogens (tertiary/aromatic N) is 1. The van der Waals surface area contributed by atoms with Crippen LogP contribution in [0.4, 0.5) is 4.79 Å². The molecule has 4 heteroatoms. The molecule has 3 nitrogen and oxygen atoms in total. The lowest BCUT2D eigenvalue weighted by atomic mass is 10.1. The number of carbonyl (C=O) groups is 1. The minimum atomic E-state index is -0.403. The van der Waals surface area contributed by atoms with E-state index in [-0.39, 0.29) is 12.1 Å². The second kappa shape index (κ2) is 4.73. The standard InChI is InChI=1S/C11H20BrNO2/c1-8-5-9(6-12)13(7-8)10(14)15-11(2,3)4/h8-9H,5-7H2,1-4H3/t8-,9+/m0/s1. The van der Waals surface area contributed by atoms with Crippen LogP contribution in [0.15, 0.2) is 0 Å². The molecule has 0 spiro atoms. The third kappa shape index (κ3) is 3.67. The van der Waals surface area contributed by atoms with Crippen molar-refractivity contribution in [3.05, 3.63) is 0 Å². The van der Waals surface area contributed by atoms with E-state index in [4.69, 9.17) is 4.74 Å². The van der Waals surface area contributed by atoms with Crippen molar-refractivity contribution >= 4 is 22.0 Å². The van der Waals surface area contributed by atoms with E-state index in [1.165, 1.54) is 0 Å². The summed E-state index contributed by atoms with van der Waals surface area (Å²) in [5.41, 5.74) is -0.403. The zero-order chi connectivity index (χ0) is 11.6. The minimum Gasteiger partial charge on any atom is -0.444 e. The molecule has 0 unspecified atom stereocenters. The van der Waals surface area contributed by atoms with Crippen molar-refractivity contribution in [1.82, 2.24) is 4.90 Å². The normalized spacial score (nSPS) is 26.9. The van der Waals surface area contributed by atoms with Gasteiger partial charge in [0.05, 0.1) is 0 Å². The van der Waals surface area contributed by atoms with Crippen LogP contribution >= 0.6 is 15.9 Å². The smallest absolute Gasteiger partial charge is 0.410 e. The summed E-state index contributed by atoms with van der Waals surface area (Å²) in [5.74, 6) is 0.570. The zero-order valence-corrected chi connectivity index (χ0v) is 11.5. The zero-order valence-electron chi connectivity index (χ0n) is 9.92. The van der Waals surface area contributed by atoms with Crippen LogP contribution in [-0.4, -0.2) is 34.5 Å². The predicted molar refractivity (Wildman–Crippen MR) is 64.3 cm³/mol. The Kier molecular flexibility index (Phi) is 4.04. The largest absolute Gasteiger partial charge is 0.444 e. The molecule has 1 rings (SSSR count). The van der Waals surface area contributed by atoms with E-state index >= 15 is 0 Å². The number of hydrogen-bond donors (Lipinski definition) is 0. The van der Waals surface area contributed by atoms with Crippen LogP contribution in [0.1, 0.15) is 34.1 Å². The maximum Gasteiger partial charge on any atom is 0.410 e. The first kappa shape index (κ1) is 12.8. The Bertz CT molecular complexity index is 237. The summed E-state index contributed by atoms with van der Waals surface area (Å²) in [4.78, 5) is 13.7. The molecule has 1 saturated heterocycles. The molecule has 0 bridgehead atoms. The Morgan fingerprint density at radius 1 is 1.53 bits per heavy atom. The molecule has 15 heavy (non-hydrogen) atoms. The van der Waals surface area contributed by atoms with E-state index in [9.17, 15) is 4.79 Å². The van der Waals surface area contributed by atoms with Crippen molar-refractivity contribution in [2.75, 3.05) is 11.9 Å². The Morgan fingerprint density at radius 2 is 2.13 bits per heavy atom. The van der Waals surface area contributed by atoms with Gasteiger partial charge < -0.3 is 9.64 Å². The van der Waals surface area contributed by atoms with E-state index in [1.807, 2.05) is 25.7 Å². The molecule has 0 aliphatic carbocycles. The van der Waals surface area contributed by atoms with Gasteiger partial charge in [-0.15, -0.1) is 0 Å². The van der Waals surface area contributed by atoms with E-state index in [0.29, 0.717) is 5.92 Å². The predicted octanol–water partition coefficient (Wildman–Crippen LogP) is 3.03. The highest BCUT2D eigenvalue weighted by atomic mass is 79.9. The fourth-order valence-corrected chi connectivity index (χ4v) is 2.46. The van der Waals surface area contributed by atoms with Crippen LogP contribution in [0.3, 0.4) is 0 Å². The molecule has 0 aromatic heterocycles. The van der Waals surface area contributed by atoms with Gasteiger partial charge in [0.1, 0.15) is 5.60 Å².